The van der Waals surface area contributed by atoms with Crippen molar-refractivity contribution in [1.29, 1.82) is 0 Å². The van der Waals surface area contributed by atoms with Gasteiger partial charge in [-0.1, -0.05) is 30.3 Å². The molecule has 0 spiro atoms. The van der Waals surface area contributed by atoms with Crippen LogP contribution in [0.4, 0.5) is 17.1 Å². The van der Waals surface area contributed by atoms with Gasteiger partial charge >= 0.3 is 0 Å². The minimum Gasteiger partial charge on any atom is -0.486 e. The largest absolute Gasteiger partial charge is 0.486 e. The molecule has 3 saturated heterocycles. The molecule has 0 unspecified atom stereocenters. The topological polar surface area (TPSA) is 117 Å². The van der Waals surface area contributed by atoms with Gasteiger partial charge in [0.15, 0.2) is 0 Å². The van der Waals surface area contributed by atoms with Crippen molar-refractivity contribution >= 4 is 70.1 Å². The fraction of sp³-hybridized carbons (Fsp3) is 0.279. The molecular weight excluding hydrogens is 716 g/mol. The number of amides is 4. The lowest BCUT2D eigenvalue weighted by molar-refractivity contribution is -0.117. The van der Waals surface area contributed by atoms with Gasteiger partial charge in [-0.05, 0) is 86.4 Å². The molecule has 0 atom stereocenters. The Kier molecular flexibility index (Phi) is 11.0. The van der Waals surface area contributed by atoms with Crippen molar-refractivity contribution in [2.24, 2.45) is 0 Å². The summed E-state index contributed by atoms with van der Waals surface area (Å²) >= 11 is 0. The van der Waals surface area contributed by atoms with Crippen LogP contribution in [0.2, 0.25) is 0 Å². The van der Waals surface area contributed by atoms with Crippen LogP contribution in [-0.4, -0.2) is 52.8 Å². The summed E-state index contributed by atoms with van der Waals surface area (Å²) in [6.07, 6.45) is 8.98. The molecule has 0 aliphatic carbocycles. The fourth-order valence-electron chi connectivity index (χ4n) is 7.67. The summed E-state index contributed by atoms with van der Waals surface area (Å²) < 4.78 is 8.57. The molecule has 3 aliphatic rings. The quantitative estimate of drug-likeness (QED) is 0.145. The summed E-state index contributed by atoms with van der Waals surface area (Å²) in [4.78, 5) is 62.0. The van der Waals surface area contributed by atoms with Crippen molar-refractivity contribution in [2.75, 3.05) is 34.3 Å². The number of fused-ring (bicyclic) bond motifs is 1. The maximum Gasteiger partial charge on any atom is 0.244 e. The lowest BCUT2D eigenvalue weighted by Gasteiger charge is -2.29. The number of aromatic nitrogens is 2. The first-order chi connectivity index (χ1) is 26.3. The van der Waals surface area contributed by atoms with Crippen molar-refractivity contribution in [2.45, 2.75) is 58.6 Å². The van der Waals surface area contributed by atoms with E-state index in [1.807, 2.05) is 101 Å². The number of hydrogen-bond donors (Lipinski definition) is 1. The van der Waals surface area contributed by atoms with E-state index in [2.05, 4.69) is 5.32 Å². The molecular formula is C43H43ClN6O5. The zero-order valence-corrected chi connectivity index (χ0v) is 31.5. The second-order valence-corrected chi connectivity index (χ2v) is 14.0. The first-order valence-corrected chi connectivity index (χ1v) is 18.6. The molecule has 0 radical (unpaired) electrons. The molecule has 3 aliphatic heterocycles. The Morgan fingerprint density at radius 3 is 2.18 bits per heavy atom. The van der Waals surface area contributed by atoms with Crippen LogP contribution in [0.1, 0.15) is 61.0 Å². The van der Waals surface area contributed by atoms with E-state index >= 15 is 0 Å². The predicted octanol–water partition coefficient (Wildman–Crippen LogP) is 7.04. The van der Waals surface area contributed by atoms with Crippen molar-refractivity contribution in [3.63, 3.8) is 0 Å². The van der Waals surface area contributed by atoms with Gasteiger partial charge in [-0.3, -0.25) is 19.2 Å². The highest BCUT2D eigenvalue weighted by Gasteiger charge is 2.33. The number of nitrogens with one attached hydrogen (secondary N) is 1. The number of hydrogen-bond acceptors (Lipinski definition) is 6. The summed E-state index contributed by atoms with van der Waals surface area (Å²) in [6, 6.07) is 25.2. The smallest absolute Gasteiger partial charge is 0.244 e. The van der Waals surface area contributed by atoms with Gasteiger partial charge in [-0.2, -0.15) is 0 Å². The van der Waals surface area contributed by atoms with Crippen LogP contribution in [0.25, 0.3) is 22.7 Å². The van der Waals surface area contributed by atoms with Gasteiger partial charge in [-0.15, -0.1) is 12.4 Å². The van der Waals surface area contributed by atoms with Crippen LogP contribution in [-0.2, 0) is 32.3 Å². The Balaban J connectivity index is 0.00000465. The molecule has 3 fully saturated rings. The van der Waals surface area contributed by atoms with E-state index in [1.54, 1.807) is 15.9 Å². The molecule has 5 aromatic rings. The molecule has 3 aromatic carbocycles. The summed E-state index contributed by atoms with van der Waals surface area (Å²) in [7, 11) is 0. The van der Waals surface area contributed by atoms with Crippen molar-refractivity contribution in [3.05, 3.63) is 114 Å². The fourth-order valence-corrected chi connectivity index (χ4v) is 7.67. The molecule has 55 heavy (non-hydrogen) atoms. The van der Waals surface area contributed by atoms with E-state index in [-0.39, 0.29) is 49.2 Å². The third-order valence-electron chi connectivity index (χ3n) is 10.4. The zero-order valence-electron chi connectivity index (χ0n) is 30.7. The van der Waals surface area contributed by atoms with Gasteiger partial charge < -0.3 is 29.3 Å². The van der Waals surface area contributed by atoms with Gasteiger partial charge in [0.1, 0.15) is 17.9 Å². The van der Waals surface area contributed by atoms with Crippen LogP contribution in [0.15, 0.2) is 91.1 Å². The lowest BCUT2D eigenvalue weighted by atomic mass is 10.1. The molecule has 12 heteroatoms. The normalized spacial score (nSPS) is 15.8. The third kappa shape index (κ3) is 7.70. The van der Waals surface area contributed by atoms with Crippen LogP contribution < -0.4 is 24.8 Å². The van der Waals surface area contributed by atoms with E-state index < -0.39 is 0 Å². The molecule has 8 rings (SSSR count). The number of nitrogens with zero attached hydrogens (tertiary/aromatic N) is 5. The number of ether oxygens (including phenoxy) is 1. The van der Waals surface area contributed by atoms with Gasteiger partial charge in [0.25, 0.3) is 0 Å². The maximum absolute atomic E-state index is 13.5. The van der Waals surface area contributed by atoms with Gasteiger partial charge in [0.05, 0.1) is 23.6 Å². The summed E-state index contributed by atoms with van der Waals surface area (Å²) in [5, 5.41) is 3.96. The molecule has 4 amide bonds. The van der Waals surface area contributed by atoms with Crippen molar-refractivity contribution in [1.82, 2.24) is 14.9 Å². The Labute approximate surface area is 326 Å². The van der Waals surface area contributed by atoms with E-state index in [9.17, 15) is 19.2 Å². The Morgan fingerprint density at radius 1 is 0.782 bits per heavy atom. The molecule has 2 aromatic heterocycles. The van der Waals surface area contributed by atoms with E-state index in [4.69, 9.17) is 9.72 Å². The highest BCUT2D eigenvalue weighted by molar-refractivity contribution is 6.02. The summed E-state index contributed by atoms with van der Waals surface area (Å²) in [5.41, 5.74) is 7.08. The van der Waals surface area contributed by atoms with Gasteiger partial charge in [-0.25, -0.2) is 4.98 Å². The first kappa shape index (κ1) is 37.4. The Morgan fingerprint density at radius 2 is 1.47 bits per heavy atom. The number of pyridine rings is 1. The van der Waals surface area contributed by atoms with Crippen molar-refractivity contribution in [3.8, 4) is 11.4 Å². The van der Waals surface area contributed by atoms with Crippen LogP contribution >= 0.6 is 12.4 Å². The van der Waals surface area contributed by atoms with Crippen LogP contribution in [0, 0.1) is 6.92 Å². The average Bonchev–Trinajstić information content (AvgIpc) is 4.01. The number of carbonyl (C=O) groups is 4. The molecule has 0 saturated carbocycles. The standard InChI is InChI=1S/C43H42N6O5.ClH/c1-29-13-17-31-7-2-9-37(42(31)45-29)54-28-34-35(48-25-5-11-40(48)52)20-21-36(43(34)49-26-6-12-41(49)53)46-23-3-8-33(46)27-44-38(50)22-16-30-14-18-32(19-15-30)47-24-4-10-39(47)51;/h2-3,7-9,13-23H,4-6,10-12,24-28H2,1H3,(H,44,50);1H/b22-16+;. The number of carbonyl (C=O) groups excluding carboxylic acids is 4. The number of benzene rings is 3. The predicted molar refractivity (Wildman–Crippen MR) is 216 cm³/mol. The number of aryl methyl sites for hydroxylation is 1. The van der Waals surface area contributed by atoms with E-state index in [0.717, 1.165) is 76.3 Å². The minimum atomic E-state index is -0.257. The zero-order chi connectivity index (χ0) is 37.2. The number of para-hydroxylation sites is 1. The van der Waals surface area contributed by atoms with Gasteiger partial charge in [0.2, 0.25) is 23.6 Å². The molecule has 1 N–H and O–H groups in total. The minimum absolute atomic E-state index is 0. The van der Waals surface area contributed by atoms with E-state index in [1.165, 1.54) is 6.08 Å². The highest BCUT2D eigenvalue weighted by Crippen LogP contribution is 2.41. The maximum atomic E-state index is 13.5. The monoisotopic (exact) mass is 758 g/mol. The Hall–Kier alpha value is -5.94. The molecule has 0 bridgehead atoms. The van der Waals surface area contributed by atoms with Crippen LogP contribution in [0.3, 0.4) is 0 Å². The summed E-state index contributed by atoms with van der Waals surface area (Å²) in [5.74, 6) is 0.552. The second kappa shape index (κ2) is 16.2. The number of anilines is 3. The second-order valence-electron chi connectivity index (χ2n) is 14.0. The lowest BCUT2D eigenvalue weighted by Crippen LogP contribution is -2.30. The highest BCUT2D eigenvalue weighted by atomic mass is 35.5. The summed E-state index contributed by atoms with van der Waals surface area (Å²) in [6.45, 7) is 4.14. The van der Waals surface area contributed by atoms with Gasteiger partial charge in [0, 0.05) is 79.2 Å². The first-order valence-electron chi connectivity index (χ1n) is 18.6. The number of halogens is 1. The number of rotatable bonds is 11. The molecule has 11 nitrogen and oxygen atoms in total. The molecule has 282 valence electrons. The molecule has 5 heterocycles. The van der Waals surface area contributed by atoms with Crippen molar-refractivity contribution < 1.29 is 23.9 Å². The van der Waals surface area contributed by atoms with E-state index in [0.29, 0.717) is 43.8 Å². The average molecular weight is 759 g/mol. The SMILES string of the molecule is Cc1ccc2cccc(OCc3c(N4CCCC4=O)ccc(-n4cccc4CNC(=O)/C=C/c4ccc(N5CCCC5=O)cc4)c3N3CCCC3=O)c2n1.Cl. The Bertz CT molecular complexity index is 2300. The third-order valence-corrected chi connectivity index (χ3v) is 10.4. The van der Waals surface area contributed by atoms with Crippen LogP contribution in [0.5, 0.6) is 5.75 Å².